The zero-order chi connectivity index (χ0) is 13.8. The minimum absolute atomic E-state index is 0.154. The van der Waals surface area contributed by atoms with Crippen LogP contribution in [0.1, 0.15) is 32.1 Å². The molecule has 0 bridgehead atoms. The quantitative estimate of drug-likeness (QED) is 0.929. The molecule has 1 fully saturated rings. The van der Waals surface area contributed by atoms with Crippen molar-refractivity contribution in [1.82, 2.24) is 10.2 Å². The number of hydrogen-bond donors (Lipinski definition) is 1. The van der Waals surface area contributed by atoms with Gasteiger partial charge in [0.25, 0.3) is 0 Å². The molecule has 0 aliphatic heterocycles. The topological polar surface area (TPSA) is 49.2 Å². The van der Waals surface area contributed by atoms with Gasteiger partial charge in [0.15, 0.2) is 5.82 Å². The lowest BCUT2D eigenvalue weighted by Crippen LogP contribution is -2.39. The molecule has 1 aliphatic carbocycles. The van der Waals surface area contributed by atoms with Crippen molar-refractivity contribution in [2.24, 2.45) is 0 Å². The Bertz CT molecular complexity index is 561. The van der Waals surface area contributed by atoms with E-state index in [-0.39, 0.29) is 6.61 Å². The summed E-state index contributed by atoms with van der Waals surface area (Å²) in [5, 5.41) is 20.1. The molecule has 1 N–H and O–H groups in total. The second-order valence-corrected chi connectivity index (χ2v) is 5.46. The van der Waals surface area contributed by atoms with Crippen LogP contribution in [0.3, 0.4) is 0 Å². The molecular formula is C16H21N3O. The van der Waals surface area contributed by atoms with E-state index >= 15 is 0 Å². The summed E-state index contributed by atoms with van der Waals surface area (Å²) in [6.07, 6.45) is 8.03. The zero-order valence-corrected chi connectivity index (χ0v) is 11.7. The van der Waals surface area contributed by atoms with Gasteiger partial charge in [-0.15, -0.1) is 5.10 Å². The molecular weight excluding hydrogens is 250 g/mol. The minimum atomic E-state index is 0.154. The number of anilines is 1. The number of hydrogen-bond acceptors (Lipinski definition) is 4. The first-order valence-electron chi connectivity index (χ1n) is 7.48. The highest BCUT2D eigenvalue weighted by Gasteiger charge is 2.23. The summed E-state index contributed by atoms with van der Waals surface area (Å²) >= 11 is 0. The maximum atomic E-state index is 9.41. The van der Waals surface area contributed by atoms with Gasteiger partial charge in [0, 0.05) is 23.4 Å². The Labute approximate surface area is 119 Å². The van der Waals surface area contributed by atoms with Crippen LogP contribution >= 0.6 is 0 Å². The van der Waals surface area contributed by atoms with Gasteiger partial charge in [-0.05, 0) is 12.8 Å². The third-order valence-corrected chi connectivity index (χ3v) is 4.18. The highest BCUT2D eigenvalue weighted by Crippen LogP contribution is 2.30. The lowest BCUT2D eigenvalue weighted by atomic mass is 9.94. The van der Waals surface area contributed by atoms with Crippen LogP contribution in [-0.2, 0) is 0 Å². The third kappa shape index (κ3) is 2.61. The number of fused-ring (bicyclic) bond motifs is 1. The number of aliphatic hydroxyl groups is 1. The van der Waals surface area contributed by atoms with Gasteiger partial charge in [-0.2, -0.15) is 5.10 Å². The van der Waals surface area contributed by atoms with Crippen LogP contribution in [-0.4, -0.2) is 34.5 Å². The predicted octanol–water partition coefficient (Wildman–Crippen LogP) is 2.76. The molecule has 2 aromatic rings. The van der Waals surface area contributed by atoms with Gasteiger partial charge in [-0.3, -0.25) is 0 Å². The van der Waals surface area contributed by atoms with E-state index in [2.05, 4.69) is 27.2 Å². The van der Waals surface area contributed by atoms with Crippen molar-refractivity contribution in [3.05, 3.63) is 30.5 Å². The SMILES string of the molecule is OCCN(c1nncc2ccccc12)C1CCCCC1. The summed E-state index contributed by atoms with van der Waals surface area (Å²) in [5.74, 6) is 0.920. The van der Waals surface area contributed by atoms with Crippen LogP contribution < -0.4 is 4.90 Å². The average Bonchev–Trinajstić information content (AvgIpc) is 2.53. The number of aromatic nitrogens is 2. The molecule has 0 amide bonds. The Morgan fingerprint density at radius 1 is 1.15 bits per heavy atom. The average molecular weight is 271 g/mol. The maximum absolute atomic E-state index is 9.41. The van der Waals surface area contributed by atoms with Crippen molar-refractivity contribution in [2.75, 3.05) is 18.1 Å². The summed E-state index contributed by atoms with van der Waals surface area (Å²) in [6.45, 7) is 0.786. The molecule has 1 aromatic carbocycles. The lowest BCUT2D eigenvalue weighted by molar-refractivity contribution is 0.289. The van der Waals surface area contributed by atoms with Crippen molar-refractivity contribution in [1.29, 1.82) is 0 Å². The monoisotopic (exact) mass is 271 g/mol. The van der Waals surface area contributed by atoms with E-state index in [1.54, 1.807) is 6.20 Å². The van der Waals surface area contributed by atoms with Gasteiger partial charge >= 0.3 is 0 Å². The minimum Gasteiger partial charge on any atom is -0.395 e. The molecule has 1 aromatic heterocycles. The second-order valence-electron chi connectivity index (χ2n) is 5.46. The third-order valence-electron chi connectivity index (χ3n) is 4.18. The van der Waals surface area contributed by atoms with Crippen molar-refractivity contribution in [2.45, 2.75) is 38.1 Å². The fourth-order valence-corrected chi connectivity index (χ4v) is 3.19. The van der Waals surface area contributed by atoms with E-state index in [1.165, 1.54) is 32.1 Å². The number of aliphatic hydroxyl groups excluding tert-OH is 1. The standard InChI is InChI=1S/C16H21N3O/c20-11-10-19(14-7-2-1-3-8-14)16-15-9-5-4-6-13(15)12-17-18-16/h4-6,9,12,14,20H,1-3,7-8,10-11H2. The van der Waals surface area contributed by atoms with Crippen LogP contribution in [0.5, 0.6) is 0 Å². The molecule has 1 saturated carbocycles. The van der Waals surface area contributed by atoms with Crippen LogP contribution in [0, 0.1) is 0 Å². The molecule has 0 radical (unpaired) electrons. The lowest BCUT2D eigenvalue weighted by Gasteiger charge is -2.35. The maximum Gasteiger partial charge on any atom is 0.159 e. The first-order chi connectivity index (χ1) is 9.90. The fourth-order valence-electron chi connectivity index (χ4n) is 3.19. The van der Waals surface area contributed by atoms with E-state index in [4.69, 9.17) is 0 Å². The van der Waals surface area contributed by atoms with Crippen LogP contribution in [0.4, 0.5) is 5.82 Å². The van der Waals surface area contributed by atoms with Crippen molar-refractivity contribution >= 4 is 16.6 Å². The molecule has 0 atom stereocenters. The van der Waals surface area contributed by atoms with Gasteiger partial charge < -0.3 is 10.0 Å². The van der Waals surface area contributed by atoms with Crippen LogP contribution in [0.15, 0.2) is 30.5 Å². The first kappa shape index (κ1) is 13.3. The molecule has 20 heavy (non-hydrogen) atoms. The molecule has 4 heteroatoms. The fraction of sp³-hybridized carbons (Fsp3) is 0.500. The molecule has 1 aliphatic rings. The summed E-state index contributed by atoms with van der Waals surface area (Å²) in [4.78, 5) is 2.26. The number of benzene rings is 1. The predicted molar refractivity (Wildman–Crippen MR) is 80.8 cm³/mol. The summed E-state index contributed by atoms with van der Waals surface area (Å²) in [6, 6.07) is 8.69. The molecule has 4 nitrogen and oxygen atoms in total. The van der Waals surface area contributed by atoms with Gasteiger partial charge in [0.05, 0.1) is 12.8 Å². The van der Waals surface area contributed by atoms with Gasteiger partial charge in [-0.1, -0.05) is 43.5 Å². The molecule has 1 heterocycles. The van der Waals surface area contributed by atoms with Gasteiger partial charge in [-0.25, -0.2) is 0 Å². The molecule has 3 rings (SSSR count). The molecule has 0 unspecified atom stereocenters. The van der Waals surface area contributed by atoms with Gasteiger partial charge in [0.2, 0.25) is 0 Å². The Morgan fingerprint density at radius 2 is 1.95 bits per heavy atom. The number of nitrogens with zero attached hydrogens (tertiary/aromatic N) is 3. The summed E-state index contributed by atoms with van der Waals surface area (Å²) < 4.78 is 0. The Balaban J connectivity index is 2.00. The van der Waals surface area contributed by atoms with Crippen LogP contribution in [0.25, 0.3) is 10.8 Å². The zero-order valence-electron chi connectivity index (χ0n) is 11.7. The largest absolute Gasteiger partial charge is 0.395 e. The summed E-state index contributed by atoms with van der Waals surface area (Å²) in [5.41, 5.74) is 0. The molecule has 0 spiro atoms. The van der Waals surface area contributed by atoms with E-state index in [0.29, 0.717) is 12.6 Å². The Morgan fingerprint density at radius 3 is 2.75 bits per heavy atom. The second kappa shape index (κ2) is 6.18. The van der Waals surface area contributed by atoms with E-state index in [0.717, 1.165) is 16.6 Å². The highest BCUT2D eigenvalue weighted by molar-refractivity contribution is 5.91. The smallest absolute Gasteiger partial charge is 0.159 e. The molecule has 106 valence electrons. The van der Waals surface area contributed by atoms with Gasteiger partial charge in [0.1, 0.15) is 0 Å². The normalized spacial score (nSPS) is 16.4. The van der Waals surface area contributed by atoms with Crippen molar-refractivity contribution in [3.63, 3.8) is 0 Å². The van der Waals surface area contributed by atoms with E-state index in [9.17, 15) is 5.11 Å². The van der Waals surface area contributed by atoms with Crippen LogP contribution in [0.2, 0.25) is 0 Å². The highest BCUT2D eigenvalue weighted by atomic mass is 16.3. The Hall–Kier alpha value is -1.68. The molecule has 0 saturated heterocycles. The summed E-state index contributed by atoms with van der Waals surface area (Å²) in [7, 11) is 0. The van der Waals surface area contributed by atoms with E-state index < -0.39 is 0 Å². The van der Waals surface area contributed by atoms with Crippen molar-refractivity contribution < 1.29 is 5.11 Å². The Kier molecular flexibility index (Phi) is 4.11. The first-order valence-corrected chi connectivity index (χ1v) is 7.48. The van der Waals surface area contributed by atoms with Crippen molar-refractivity contribution in [3.8, 4) is 0 Å². The number of rotatable bonds is 4. The van der Waals surface area contributed by atoms with E-state index in [1.807, 2.05) is 12.1 Å².